The molecule has 114 valence electrons. The Morgan fingerprint density at radius 1 is 1.15 bits per heavy atom. The predicted molar refractivity (Wildman–Crippen MR) is 87.6 cm³/mol. The molecule has 0 spiro atoms. The van der Waals surface area contributed by atoms with Crippen LogP contribution >= 0.6 is 0 Å². The zero-order valence-corrected chi connectivity index (χ0v) is 13.5. The van der Waals surface area contributed by atoms with Crippen molar-refractivity contribution < 1.29 is 4.74 Å². The van der Waals surface area contributed by atoms with Gasteiger partial charge in [-0.15, -0.1) is 0 Å². The average Bonchev–Trinajstić information content (AvgIpc) is 2.46. The van der Waals surface area contributed by atoms with E-state index in [1.807, 2.05) is 13.0 Å². The molecule has 20 heavy (non-hydrogen) atoms. The summed E-state index contributed by atoms with van der Waals surface area (Å²) in [5.74, 6) is 0.899. The van der Waals surface area contributed by atoms with Crippen molar-refractivity contribution in [2.75, 3.05) is 25.1 Å². The first-order valence-corrected chi connectivity index (χ1v) is 7.83. The molecule has 0 aromatic heterocycles. The molecule has 0 aliphatic carbocycles. The van der Waals surface area contributed by atoms with E-state index in [9.17, 15) is 0 Å². The Balaban J connectivity index is 3.09. The summed E-state index contributed by atoms with van der Waals surface area (Å²) in [5.41, 5.74) is 8.54. The fourth-order valence-corrected chi connectivity index (χ4v) is 2.49. The highest BCUT2D eigenvalue weighted by atomic mass is 16.5. The van der Waals surface area contributed by atoms with Gasteiger partial charge in [-0.25, -0.2) is 0 Å². The molecule has 0 aliphatic heterocycles. The summed E-state index contributed by atoms with van der Waals surface area (Å²) in [7, 11) is 1.72. The standard InChI is InChI=1S/C17H30N2O/c1-5-7-12-19(13-8-6-2)15-10-9-11-16(20-4)17(15)14(3)18/h9-11,14H,5-8,12-13,18H2,1-4H3/t14-/m0/s1. The second-order valence-electron chi connectivity index (χ2n) is 5.38. The fraction of sp³-hybridized carbons (Fsp3) is 0.647. The van der Waals surface area contributed by atoms with Crippen molar-refractivity contribution >= 4 is 5.69 Å². The van der Waals surface area contributed by atoms with Gasteiger partial charge >= 0.3 is 0 Å². The van der Waals surface area contributed by atoms with E-state index in [0.717, 1.165) is 24.4 Å². The number of nitrogens with zero attached hydrogens (tertiary/aromatic N) is 1. The lowest BCUT2D eigenvalue weighted by molar-refractivity contribution is 0.407. The van der Waals surface area contributed by atoms with Gasteiger partial charge < -0.3 is 15.4 Å². The number of hydrogen-bond acceptors (Lipinski definition) is 3. The van der Waals surface area contributed by atoms with Crippen LogP contribution < -0.4 is 15.4 Å². The van der Waals surface area contributed by atoms with Crippen LogP contribution in [0.4, 0.5) is 5.69 Å². The Bertz CT molecular complexity index is 383. The first-order chi connectivity index (χ1) is 9.65. The van der Waals surface area contributed by atoms with Crippen molar-refractivity contribution in [1.29, 1.82) is 0 Å². The second-order valence-corrected chi connectivity index (χ2v) is 5.38. The van der Waals surface area contributed by atoms with E-state index >= 15 is 0 Å². The van der Waals surface area contributed by atoms with E-state index < -0.39 is 0 Å². The summed E-state index contributed by atoms with van der Waals surface area (Å²) in [5, 5.41) is 0. The Morgan fingerprint density at radius 2 is 1.75 bits per heavy atom. The van der Waals surface area contributed by atoms with E-state index in [2.05, 4.69) is 30.9 Å². The van der Waals surface area contributed by atoms with Gasteiger partial charge in [-0.1, -0.05) is 32.8 Å². The molecule has 1 rings (SSSR count). The normalized spacial score (nSPS) is 12.2. The van der Waals surface area contributed by atoms with Gasteiger partial charge in [0.1, 0.15) is 5.75 Å². The summed E-state index contributed by atoms with van der Waals surface area (Å²) < 4.78 is 5.50. The van der Waals surface area contributed by atoms with Gasteiger partial charge in [0.05, 0.1) is 7.11 Å². The van der Waals surface area contributed by atoms with Crippen LogP contribution in [0.2, 0.25) is 0 Å². The van der Waals surface area contributed by atoms with Gasteiger partial charge in [0, 0.05) is 30.4 Å². The molecule has 0 unspecified atom stereocenters. The number of benzene rings is 1. The third-order valence-corrected chi connectivity index (χ3v) is 3.62. The molecule has 0 heterocycles. The van der Waals surface area contributed by atoms with Crippen molar-refractivity contribution in [2.45, 2.75) is 52.5 Å². The predicted octanol–water partition coefficient (Wildman–Crippen LogP) is 4.12. The summed E-state index contributed by atoms with van der Waals surface area (Å²) >= 11 is 0. The van der Waals surface area contributed by atoms with Crippen LogP contribution in [-0.4, -0.2) is 20.2 Å². The molecule has 3 nitrogen and oxygen atoms in total. The summed E-state index contributed by atoms with van der Waals surface area (Å²) in [4.78, 5) is 2.47. The van der Waals surface area contributed by atoms with E-state index in [1.54, 1.807) is 7.11 Å². The lowest BCUT2D eigenvalue weighted by atomic mass is 10.0. The number of unbranched alkanes of at least 4 members (excludes halogenated alkanes) is 2. The minimum atomic E-state index is -0.0214. The number of hydrogen-bond donors (Lipinski definition) is 1. The maximum absolute atomic E-state index is 6.18. The van der Waals surface area contributed by atoms with Crippen molar-refractivity contribution in [3.05, 3.63) is 23.8 Å². The highest BCUT2D eigenvalue weighted by Crippen LogP contribution is 2.34. The third-order valence-electron chi connectivity index (χ3n) is 3.62. The minimum Gasteiger partial charge on any atom is -0.496 e. The number of nitrogens with two attached hydrogens (primary N) is 1. The van der Waals surface area contributed by atoms with Gasteiger partial charge in [0.15, 0.2) is 0 Å². The SMILES string of the molecule is CCCCN(CCCC)c1cccc(OC)c1[C@H](C)N. The average molecular weight is 278 g/mol. The summed E-state index contributed by atoms with van der Waals surface area (Å²) in [6, 6.07) is 6.21. The molecule has 2 N–H and O–H groups in total. The molecule has 1 aromatic rings. The molecule has 3 heteroatoms. The van der Waals surface area contributed by atoms with Crippen molar-refractivity contribution in [2.24, 2.45) is 5.73 Å². The van der Waals surface area contributed by atoms with E-state index in [1.165, 1.54) is 31.4 Å². The minimum absolute atomic E-state index is 0.0214. The Labute approximate surface area is 124 Å². The zero-order valence-electron chi connectivity index (χ0n) is 13.5. The van der Waals surface area contributed by atoms with Crippen LogP contribution in [0, 0.1) is 0 Å². The highest BCUT2D eigenvalue weighted by molar-refractivity contribution is 5.60. The quantitative estimate of drug-likeness (QED) is 0.738. The molecule has 1 atom stereocenters. The molecule has 0 saturated carbocycles. The maximum atomic E-state index is 6.18. The van der Waals surface area contributed by atoms with Crippen LogP contribution in [0.3, 0.4) is 0 Å². The van der Waals surface area contributed by atoms with Gasteiger partial charge in [-0.3, -0.25) is 0 Å². The molecule has 1 aromatic carbocycles. The van der Waals surface area contributed by atoms with Crippen LogP contribution in [0.5, 0.6) is 5.75 Å². The monoisotopic (exact) mass is 278 g/mol. The van der Waals surface area contributed by atoms with Crippen molar-refractivity contribution in [3.63, 3.8) is 0 Å². The third kappa shape index (κ3) is 4.41. The summed E-state index contributed by atoms with van der Waals surface area (Å²) in [6.07, 6.45) is 4.83. The van der Waals surface area contributed by atoms with Gasteiger partial charge in [-0.05, 0) is 31.9 Å². The summed E-state index contributed by atoms with van der Waals surface area (Å²) in [6.45, 7) is 8.66. The fourth-order valence-electron chi connectivity index (χ4n) is 2.49. The number of ether oxygens (including phenoxy) is 1. The van der Waals surface area contributed by atoms with Gasteiger partial charge in [0.25, 0.3) is 0 Å². The molecule has 0 amide bonds. The molecule has 0 radical (unpaired) electrons. The van der Waals surface area contributed by atoms with Crippen LogP contribution in [-0.2, 0) is 0 Å². The first-order valence-electron chi connectivity index (χ1n) is 7.83. The lowest BCUT2D eigenvalue weighted by Crippen LogP contribution is -2.28. The van der Waals surface area contributed by atoms with E-state index in [4.69, 9.17) is 10.5 Å². The lowest BCUT2D eigenvalue weighted by Gasteiger charge is -2.29. The largest absolute Gasteiger partial charge is 0.496 e. The molecular formula is C17H30N2O. The van der Waals surface area contributed by atoms with Crippen molar-refractivity contribution in [3.8, 4) is 5.75 Å². The number of rotatable bonds is 9. The molecule has 0 bridgehead atoms. The number of methoxy groups -OCH3 is 1. The van der Waals surface area contributed by atoms with Gasteiger partial charge in [-0.2, -0.15) is 0 Å². The van der Waals surface area contributed by atoms with Crippen molar-refractivity contribution in [1.82, 2.24) is 0 Å². The molecule has 0 fully saturated rings. The zero-order chi connectivity index (χ0) is 15.0. The van der Waals surface area contributed by atoms with Gasteiger partial charge in [0.2, 0.25) is 0 Å². The topological polar surface area (TPSA) is 38.5 Å². The Morgan fingerprint density at radius 3 is 2.20 bits per heavy atom. The second kappa shape index (κ2) is 8.85. The smallest absolute Gasteiger partial charge is 0.125 e. The van der Waals surface area contributed by atoms with Crippen LogP contribution in [0.1, 0.15) is 58.1 Å². The van der Waals surface area contributed by atoms with E-state index in [-0.39, 0.29) is 6.04 Å². The Hall–Kier alpha value is -1.22. The Kier molecular flexibility index (Phi) is 7.45. The van der Waals surface area contributed by atoms with E-state index in [0.29, 0.717) is 0 Å². The maximum Gasteiger partial charge on any atom is 0.125 e. The van der Waals surface area contributed by atoms with Crippen LogP contribution in [0.25, 0.3) is 0 Å². The molecule has 0 saturated heterocycles. The first kappa shape index (κ1) is 16.8. The van der Waals surface area contributed by atoms with Crippen LogP contribution in [0.15, 0.2) is 18.2 Å². The molecule has 0 aliphatic rings. The number of anilines is 1. The highest BCUT2D eigenvalue weighted by Gasteiger charge is 2.17. The molecular weight excluding hydrogens is 248 g/mol.